The van der Waals surface area contributed by atoms with Crippen LogP contribution in [0.4, 0.5) is 21.6 Å². The van der Waals surface area contributed by atoms with Crippen molar-refractivity contribution in [3.63, 3.8) is 0 Å². The summed E-state index contributed by atoms with van der Waals surface area (Å²) in [5.41, 5.74) is 4.41. The maximum absolute atomic E-state index is 14.9. The van der Waals surface area contributed by atoms with Crippen molar-refractivity contribution in [2.75, 3.05) is 10.6 Å². The average molecular weight is 388 g/mol. The Morgan fingerprint density at radius 2 is 1.97 bits per heavy atom. The number of anilines is 3. The lowest BCUT2D eigenvalue weighted by atomic mass is 10.0. The van der Waals surface area contributed by atoms with Crippen molar-refractivity contribution < 1.29 is 9.18 Å². The molecule has 0 radical (unpaired) electrons. The van der Waals surface area contributed by atoms with Crippen molar-refractivity contribution in [1.29, 1.82) is 0 Å². The van der Waals surface area contributed by atoms with Crippen LogP contribution in [0.5, 0.6) is 0 Å². The molecule has 1 aliphatic rings. The van der Waals surface area contributed by atoms with Crippen LogP contribution in [-0.4, -0.2) is 25.9 Å². The third-order valence-electron chi connectivity index (χ3n) is 4.90. The number of nitrogens with zero attached hydrogens (tertiary/aromatic N) is 3. The zero-order valence-corrected chi connectivity index (χ0v) is 15.3. The van der Waals surface area contributed by atoms with Gasteiger partial charge < -0.3 is 10.6 Å². The van der Waals surface area contributed by atoms with Gasteiger partial charge in [0.05, 0.1) is 5.69 Å². The van der Waals surface area contributed by atoms with Gasteiger partial charge in [0.1, 0.15) is 5.69 Å². The number of hydrogen-bond acceptors (Lipinski definition) is 4. The highest BCUT2D eigenvalue weighted by Gasteiger charge is 2.17. The maximum Gasteiger partial charge on any atom is 0.224 e. The van der Waals surface area contributed by atoms with Gasteiger partial charge in [0.15, 0.2) is 11.6 Å². The largest absolute Gasteiger partial charge is 0.336 e. The van der Waals surface area contributed by atoms with E-state index in [2.05, 4.69) is 25.9 Å². The van der Waals surface area contributed by atoms with E-state index in [-0.39, 0.29) is 11.7 Å². The minimum atomic E-state index is -0.456. The van der Waals surface area contributed by atoms with Gasteiger partial charge >= 0.3 is 0 Å². The second kappa shape index (κ2) is 6.90. The molecule has 0 aliphatic carbocycles. The summed E-state index contributed by atoms with van der Waals surface area (Å²) in [6, 6.07) is 14.7. The number of amides is 1. The molecule has 4 aromatic rings. The highest BCUT2D eigenvalue weighted by molar-refractivity contribution is 5.94. The molecule has 2 aromatic heterocycles. The van der Waals surface area contributed by atoms with E-state index in [1.165, 1.54) is 0 Å². The number of rotatable bonds is 4. The van der Waals surface area contributed by atoms with Gasteiger partial charge in [-0.3, -0.25) is 9.89 Å². The number of aromatic amines is 1. The Hall–Kier alpha value is -3.94. The summed E-state index contributed by atoms with van der Waals surface area (Å²) in [5, 5.41) is 16.9. The third kappa shape index (κ3) is 3.25. The molecule has 0 spiro atoms. The monoisotopic (exact) mass is 388 g/mol. The van der Waals surface area contributed by atoms with Crippen LogP contribution < -0.4 is 10.6 Å². The summed E-state index contributed by atoms with van der Waals surface area (Å²) in [6.07, 6.45) is 4.66. The summed E-state index contributed by atoms with van der Waals surface area (Å²) in [6.45, 7) is 0. The number of fused-ring (bicyclic) bond motifs is 1. The molecule has 144 valence electrons. The molecule has 1 aliphatic heterocycles. The van der Waals surface area contributed by atoms with Crippen LogP contribution >= 0.6 is 0 Å². The average Bonchev–Trinajstić information content (AvgIpc) is 3.39. The smallest absolute Gasteiger partial charge is 0.224 e. The van der Waals surface area contributed by atoms with Gasteiger partial charge in [-0.1, -0.05) is 12.1 Å². The van der Waals surface area contributed by atoms with Gasteiger partial charge in [-0.05, 0) is 48.4 Å². The fraction of sp³-hybridized carbons (Fsp3) is 0.0952. The molecule has 8 heteroatoms. The van der Waals surface area contributed by atoms with Gasteiger partial charge in [0.2, 0.25) is 5.91 Å². The first-order chi connectivity index (χ1) is 14.2. The Morgan fingerprint density at radius 3 is 2.76 bits per heavy atom. The molecular weight excluding hydrogens is 371 g/mol. The number of carbonyl (C=O) groups is 1. The van der Waals surface area contributed by atoms with Crippen LogP contribution in [0, 0.1) is 5.82 Å². The van der Waals surface area contributed by atoms with E-state index in [0.717, 1.165) is 16.9 Å². The summed E-state index contributed by atoms with van der Waals surface area (Å²) >= 11 is 0. The van der Waals surface area contributed by atoms with Gasteiger partial charge in [-0.15, -0.1) is 0 Å². The summed E-state index contributed by atoms with van der Waals surface area (Å²) in [7, 11) is 0. The van der Waals surface area contributed by atoms with Crippen LogP contribution in [0.15, 0.2) is 60.9 Å². The number of benzene rings is 2. The van der Waals surface area contributed by atoms with Crippen molar-refractivity contribution in [3.05, 3.63) is 72.3 Å². The Labute approximate surface area is 165 Å². The normalized spacial score (nSPS) is 13.1. The molecule has 0 bridgehead atoms. The SMILES string of the molecule is O=C1CCc2cc(Nc3n[nH]c(-c4ccc(-n5cccn5)cc4)c3F)ccc2N1. The number of nitrogens with one attached hydrogen (secondary N) is 3. The van der Waals surface area contributed by atoms with E-state index < -0.39 is 5.82 Å². The van der Waals surface area contributed by atoms with Gasteiger partial charge in [-0.2, -0.15) is 10.2 Å². The van der Waals surface area contributed by atoms with Gasteiger partial charge in [-0.25, -0.2) is 9.07 Å². The molecule has 7 nitrogen and oxygen atoms in total. The Kier molecular flexibility index (Phi) is 4.09. The molecule has 0 unspecified atom stereocenters. The molecule has 3 N–H and O–H groups in total. The number of halogens is 1. The van der Waals surface area contributed by atoms with E-state index in [0.29, 0.717) is 29.8 Å². The third-order valence-corrected chi connectivity index (χ3v) is 4.90. The van der Waals surface area contributed by atoms with E-state index in [1.54, 1.807) is 16.9 Å². The van der Waals surface area contributed by atoms with Crippen molar-refractivity contribution in [1.82, 2.24) is 20.0 Å². The Morgan fingerprint density at radius 1 is 1.10 bits per heavy atom. The van der Waals surface area contributed by atoms with Crippen molar-refractivity contribution in [2.24, 2.45) is 0 Å². The van der Waals surface area contributed by atoms with Crippen molar-refractivity contribution in [2.45, 2.75) is 12.8 Å². The van der Waals surface area contributed by atoms with Crippen LogP contribution in [0.3, 0.4) is 0 Å². The predicted octanol–water partition coefficient (Wildman–Crippen LogP) is 4.03. The number of hydrogen-bond donors (Lipinski definition) is 3. The Balaban J connectivity index is 1.38. The van der Waals surface area contributed by atoms with E-state index in [1.807, 2.05) is 48.7 Å². The number of H-pyrrole nitrogens is 1. The van der Waals surface area contributed by atoms with E-state index in [4.69, 9.17) is 0 Å². The molecule has 1 amide bonds. The number of aromatic nitrogens is 4. The fourth-order valence-electron chi connectivity index (χ4n) is 3.40. The number of aryl methyl sites for hydroxylation is 1. The minimum Gasteiger partial charge on any atom is -0.336 e. The van der Waals surface area contributed by atoms with Gasteiger partial charge in [0.25, 0.3) is 0 Å². The summed E-state index contributed by atoms with van der Waals surface area (Å²) < 4.78 is 16.7. The van der Waals surface area contributed by atoms with E-state index in [9.17, 15) is 9.18 Å². The highest BCUT2D eigenvalue weighted by Crippen LogP contribution is 2.30. The minimum absolute atomic E-state index is 0.0137. The van der Waals surface area contributed by atoms with Gasteiger partial charge in [0, 0.05) is 35.8 Å². The maximum atomic E-state index is 14.9. The van der Waals surface area contributed by atoms with E-state index >= 15 is 0 Å². The lowest BCUT2D eigenvalue weighted by molar-refractivity contribution is -0.116. The zero-order chi connectivity index (χ0) is 19.8. The molecule has 0 fully saturated rings. The van der Waals surface area contributed by atoms with Crippen LogP contribution in [0.2, 0.25) is 0 Å². The van der Waals surface area contributed by atoms with Crippen LogP contribution in [-0.2, 0) is 11.2 Å². The first-order valence-electron chi connectivity index (χ1n) is 9.21. The first kappa shape index (κ1) is 17.2. The highest BCUT2D eigenvalue weighted by atomic mass is 19.1. The van der Waals surface area contributed by atoms with Crippen LogP contribution in [0.1, 0.15) is 12.0 Å². The Bertz CT molecular complexity index is 1180. The molecule has 0 saturated heterocycles. The zero-order valence-electron chi connectivity index (χ0n) is 15.3. The molecular formula is C21H17FN6O. The molecule has 0 atom stereocenters. The first-order valence-corrected chi connectivity index (χ1v) is 9.21. The fourth-order valence-corrected chi connectivity index (χ4v) is 3.40. The summed E-state index contributed by atoms with van der Waals surface area (Å²) in [4.78, 5) is 11.5. The standard InChI is InChI=1S/C21H17FN6O/c22-19-20(13-2-6-16(7-3-13)28-11-1-10-23-28)26-27-21(19)24-15-5-8-17-14(12-15)4-9-18(29)25-17/h1-3,5-8,10-12H,4,9H2,(H,25,29)(H2,24,26,27). The molecule has 29 heavy (non-hydrogen) atoms. The second-order valence-corrected chi connectivity index (χ2v) is 6.80. The van der Waals surface area contributed by atoms with Crippen molar-refractivity contribution >= 4 is 23.1 Å². The molecule has 5 rings (SSSR count). The topological polar surface area (TPSA) is 87.6 Å². The second-order valence-electron chi connectivity index (χ2n) is 6.80. The molecule has 2 aromatic carbocycles. The quantitative estimate of drug-likeness (QED) is 0.493. The number of carbonyl (C=O) groups excluding carboxylic acids is 1. The lowest BCUT2D eigenvalue weighted by Crippen LogP contribution is -2.18. The predicted molar refractivity (Wildman–Crippen MR) is 108 cm³/mol. The van der Waals surface area contributed by atoms with Crippen molar-refractivity contribution in [3.8, 4) is 16.9 Å². The summed E-state index contributed by atoms with van der Waals surface area (Å²) in [5.74, 6) is -0.321. The molecule has 3 heterocycles. The molecule has 0 saturated carbocycles. The lowest BCUT2D eigenvalue weighted by Gasteiger charge is -2.17. The van der Waals surface area contributed by atoms with Crippen LogP contribution in [0.25, 0.3) is 16.9 Å².